The molecule has 0 aliphatic heterocycles. The Labute approximate surface area is 262 Å². The highest BCUT2D eigenvalue weighted by molar-refractivity contribution is 6.17. The van der Waals surface area contributed by atoms with Gasteiger partial charge in [0, 0.05) is 38.5 Å². The lowest BCUT2D eigenvalue weighted by Gasteiger charge is -2.22. The molecule has 1 aliphatic carbocycles. The fraction of sp³-hybridized carbons (Fsp3) is 0.0698. The summed E-state index contributed by atoms with van der Waals surface area (Å²) >= 11 is 0. The molecule has 0 fully saturated rings. The molecule has 0 amide bonds. The fourth-order valence-corrected chi connectivity index (χ4v) is 7.31. The lowest BCUT2D eigenvalue weighted by atomic mass is 9.81. The van der Waals surface area contributed by atoms with Crippen molar-refractivity contribution in [3.8, 4) is 33.4 Å². The van der Waals surface area contributed by atoms with Gasteiger partial charge in [-0.1, -0.05) is 123 Å². The number of hydrogen-bond acceptors (Lipinski definition) is 2. The average molecular weight is 578 g/mol. The number of hydrogen-bond donors (Lipinski definition) is 1. The molecule has 1 heterocycles. The summed E-state index contributed by atoms with van der Waals surface area (Å²) in [6.07, 6.45) is 0. The Morgan fingerprint density at radius 3 is 2.04 bits per heavy atom. The number of fused-ring (bicyclic) bond motifs is 8. The van der Waals surface area contributed by atoms with Crippen LogP contribution in [-0.2, 0) is 5.41 Å². The molecule has 45 heavy (non-hydrogen) atoms. The lowest BCUT2D eigenvalue weighted by Crippen LogP contribution is -2.14. The molecule has 1 aliphatic rings. The summed E-state index contributed by atoms with van der Waals surface area (Å²) < 4.78 is 6.58. The predicted octanol–water partition coefficient (Wildman–Crippen LogP) is 12.1. The smallest absolute Gasteiger partial charge is 0.143 e. The largest absolute Gasteiger partial charge is 0.455 e. The summed E-state index contributed by atoms with van der Waals surface area (Å²) in [5.74, 6) is 0. The molecule has 214 valence electrons. The Morgan fingerprint density at radius 1 is 0.444 bits per heavy atom. The summed E-state index contributed by atoms with van der Waals surface area (Å²) in [6.45, 7) is 4.67. The maximum absolute atomic E-state index is 6.58. The Morgan fingerprint density at radius 2 is 1.13 bits per heavy atom. The van der Waals surface area contributed by atoms with E-state index in [0.717, 1.165) is 49.8 Å². The minimum atomic E-state index is -0.0139. The fourth-order valence-electron chi connectivity index (χ4n) is 7.31. The first kappa shape index (κ1) is 25.9. The van der Waals surface area contributed by atoms with E-state index >= 15 is 0 Å². The zero-order valence-corrected chi connectivity index (χ0v) is 25.3. The van der Waals surface area contributed by atoms with Crippen molar-refractivity contribution >= 4 is 44.1 Å². The van der Waals surface area contributed by atoms with Crippen LogP contribution < -0.4 is 5.32 Å². The Balaban J connectivity index is 1.02. The van der Waals surface area contributed by atoms with Crippen molar-refractivity contribution in [2.24, 2.45) is 0 Å². The van der Waals surface area contributed by atoms with Gasteiger partial charge in [0.15, 0.2) is 0 Å². The third kappa shape index (κ3) is 4.03. The van der Waals surface area contributed by atoms with Gasteiger partial charge in [0.05, 0.1) is 0 Å². The van der Waals surface area contributed by atoms with Crippen molar-refractivity contribution in [2.45, 2.75) is 19.3 Å². The van der Waals surface area contributed by atoms with Crippen molar-refractivity contribution in [2.75, 3.05) is 5.32 Å². The van der Waals surface area contributed by atoms with Crippen LogP contribution in [0.15, 0.2) is 150 Å². The zero-order chi connectivity index (χ0) is 30.1. The van der Waals surface area contributed by atoms with E-state index in [1.807, 2.05) is 0 Å². The van der Waals surface area contributed by atoms with E-state index in [2.05, 4.69) is 165 Å². The third-order valence-electron chi connectivity index (χ3n) is 9.65. The summed E-state index contributed by atoms with van der Waals surface area (Å²) in [5.41, 5.74) is 14.1. The summed E-state index contributed by atoms with van der Waals surface area (Å²) in [6, 6.07) is 52.3. The molecule has 0 radical (unpaired) electrons. The van der Waals surface area contributed by atoms with Crippen molar-refractivity contribution in [1.29, 1.82) is 0 Å². The van der Waals surface area contributed by atoms with Crippen molar-refractivity contribution in [3.05, 3.63) is 157 Å². The molecule has 0 spiro atoms. The van der Waals surface area contributed by atoms with Crippen LogP contribution in [0.4, 0.5) is 11.4 Å². The number of benzene rings is 7. The van der Waals surface area contributed by atoms with E-state index in [0.29, 0.717) is 0 Å². The molecule has 2 nitrogen and oxygen atoms in total. The summed E-state index contributed by atoms with van der Waals surface area (Å²) in [4.78, 5) is 0. The van der Waals surface area contributed by atoms with Gasteiger partial charge in [-0.2, -0.15) is 0 Å². The van der Waals surface area contributed by atoms with E-state index in [-0.39, 0.29) is 5.41 Å². The quantitative estimate of drug-likeness (QED) is 0.225. The van der Waals surface area contributed by atoms with Crippen molar-refractivity contribution < 1.29 is 4.42 Å². The predicted molar refractivity (Wildman–Crippen MR) is 189 cm³/mol. The first-order valence-corrected chi connectivity index (χ1v) is 15.6. The Bertz CT molecular complexity index is 2430. The second-order valence-corrected chi connectivity index (χ2v) is 12.7. The third-order valence-corrected chi connectivity index (χ3v) is 9.65. The summed E-state index contributed by atoms with van der Waals surface area (Å²) in [7, 11) is 0. The second-order valence-electron chi connectivity index (χ2n) is 12.7. The van der Waals surface area contributed by atoms with E-state index < -0.39 is 0 Å². The molecule has 0 unspecified atom stereocenters. The minimum absolute atomic E-state index is 0.0139. The number of para-hydroxylation sites is 1. The van der Waals surface area contributed by atoms with Crippen LogP contribution >= 0.6 is 0 Å². The topological polar surface area (TPSA) is 25.2 Å². The zero-order valence-electron chi connectivity index (χ0n) is 25.3. The first-order valence-electron chi connectivity index (χ1n) is 15.6. The maximum atomic E-state index is 6.58. The van der Waals surface area contributed by atoms with Gasteiger partial charge < -0.3 is 9.73 Å². The standard InChI is InChI=1S/C43H31NO/c1-43(2)39-16-6-5-13-35(39)36-23-20-30(26-40(36)43)29-10-7-11-32(25-29)44-31-21-17-28(18-22-31)34-14-8-15-37-38-24-19-27-9-3-4-12-33(27)42(38)45-41(34)37/h3-26,44H,1-2H3. The van der Waals surface area contributed by atoms with Crippen LogP contribution in [0.3, 0.4) is 0 Å². The van der Waals surface area contributed by atoms with Crippen molar-refractivity contribution in [3.63, 3.8) is 0 Å². The summed E-state index contributed by atoms with van der Waals surface area (Å²) in [5, 5.41) is 8.26. The van der Waals surface area contributed by atoms with Gasteiger partial charge in [0.1, 0.15) is 11.2 Å². The molecule has 0 saturated carbocycles. The van der Waals surface area contributed by atoms with Crippen LogP contribution in [0.5, 0.6) is 0 Å². The van der Waals surface area contributed by atoms with E-state index in [1.54, 1.807) is 0 Å². The molecule has 1 aromatic heterocycles. The SMILES string of the molecule is CC1(C)c2ccccc2-c2ccc(-c3cccc(Nc4ccc(-c5cccc6c5oc5c7ccccc7ccc65)cc4)c3)cc21. The molecular weight excluding hydrogens is 546 g/mol. The molecule has 0 bridgehead atoms. The number of rotatable bonds is 4. The van der Waals surface area contributed by atoms with Gasteiger partial charge in [0.2, 0.25) is 0 Å². The van der Waals surface area contributed by atoms with Gasteiger partial charge in [-0.15, -0.1) is 0 Å². The van der Waals surface area contributed by atoms with Gasteiger partial charge in [-0.3, -0.25) is 0 Å². The number of nitrogens with one attached hydrogen (secondary N) is 1. The molecule has 8 aromatic rings. The van der Waals surface area contributed by atoms with Gasteiger partial charge in [-0.05, 0) is 80.7 Å². The second kappa shape index (κ2) is 9.70. The number of anilines is 2. The molecule has 1 N–H and O–H groups in total. The molecule has 0 saturated heterocycles. The van der Waals surface area contributed by atoms with Crippen LogP contribution in [0.2, 0.25) is 0 Å². The van der Waals surface area contributed by atoms with Crippen LogP contribution in [0, 0.1) is 0 Å². The van der Waals surface area contributed by atoms with E-state index in [1.165, 1.54) is 38.8 Å². The molecule has 7 aromatic carbocycles. The van der Waals surface area contributed by atoms with E-state index in [4.69, 9.17) is 4.42 Å². The highest BCUT2D eigenvalue weighted by Gasteiger charge is 2.35. The Kier molecular flexibility index (Phi) is 5.58. The van der Waals surface area contributed by atoms with Crippen LogP contribution in [-0.4, -0.2) is 0 Å². The Hall–Kier alpha value is -5.60. The highest BCUT2D eigenvalue weighted by atomic mass is 16.3. The van der Waals surface area contributed by atoms with Crippen molar-refractivity contribution in [1.82, 2.24) is 0 Å². The maximum Gasteiger partial charge on any atom is 0.143 e. The van der Waals surface area contributed by atoms with Gasteiger partial charge >= 0.3 is 0 Å². The minimum Gasteiger partial charge on any atom is -0.455 e. The monoisotopic (exact) mass is 577 g/mol. The van der Waals surface area contributed by atoms with E-state index in [9.17, 15) is 0 Å². The highest BCUT2D eigenvalue weighted by Crippen LogP contribution is 2.49. The molecule has 2 heteroatoms. The average Bonchev–Trinajstić information content (AvgIpc) is 3.58. The first-order chi connectivity index (χ1) is 22.0. The van der Waals surface area contributed by atoms with Crippen LogP contribution in [0.25, 0.3) is 66.1 Å². The molecular formula is C43H31NO. The lowest BCUT2D eigenvalue weighted by molar-refractivity contribution is 0.660. The molecule has 0 atom stereocenters. The normalized spacial score (nSPS) is 13.3. The molecule has 9 rings (SSSR count). The van der Waals surface area contributed by atoms with Gasteiger partial charge in [0.25, 0.3) is 0 Å². The van der Waals surface area contributed by atoms with Crippen LogP contribution in [0.1, 0.15) is 25.0 Å². The number of furan rings is 1. The van der Waals surface area contributed by atoms with Gasteiger partial charge in [-0.25, -0.2) is 0 Å².